The lowest BCUT2D eigenvalue weighted by molar-refractivity contribution is 0.306. The molecule has 3 aromatic rings. The quantitative estimate of drug-likeness (QED) is 0.792. The van der Waals surface area contributed by atoms with Gasteiger partial charge in [0.1, 0.15) is 24.2 Å². The first kappa shape index (κ1) is 13.1. The molecule has 0 saturated heterocycles. The smallest absolute Gasteiger partial charge is 0.136 e. The largest absolute Gasteiger partial charge is 0.495 e. The maximum atomic E-state index is 9.08. The van der Waals surface area contributed by atoms with E-state index in [0.29, 0.717) is 17.9 Å². The molecule has 21 heavy (non-hydrogen) atoms. The van der Waals surface area contributed by atoms with Crippen LogP contribution in [0.15, 0.2) is 48.7 Å². The van der Waals surface area contributed by atoms with Gasteiger partial charge in [-0.05, 0) is 42.0 Å². The Morgan fingerprint density at radius 3 is 2.86 bits per heavy atom. The molecule has 0 spiro atoms. The lowest BCUT2D eigenvalue weighted by Crippen LogP contribution is -1.97. The van der Waals surface area contributed by atoms with Gasteiger partial charge in [0.05, 0.1) is 12.7 Å². The maximum absolute atomic E-state index is 9.08. The van der Waals surface area contributed by atoms with E-state index in [4.69, 9.17) is 14.7 Å². The summed E-state index contributed by atoms with van der Waals surface area (Å²) in [7, 11) is 1.55. The van der Waals surface area contributed by atoms with Gasteiger partial charge in [0.15, 0.2) is 0 Å². The van der Waals surface area contributed by atoms with Gasteiger partial charge in [-0.25, -0.2) is 0 Å². The Hall–Kier alpha value is -2.93. The molecule has 0 atom stereocenters. The summed E-state index contributed by atoms with van der Waals surface area (Å²) >= 11 is 0. The van der Waals surface area contributed by atoms with Gasteiger partial charge in [0.2, 0.25) is 0 Å². The molecule has 4 heteroatoms. The van der Waals surface area contributed by atoms with Crippen molar-refractivity contribution in [3.63, 3.8) is 0 Å². The van der Waals surface area contributed by atoms with Crippen molar-refractivity contribution in [1.82, 2.24) is 4.98 Å². The summed E-state index contributed by atoms with van der Waals surface area (Å²) in [5.41, 5.74) is 2.53. The minimum Gasteiger partial charge on any atom is -0.495 e. The van der Waals surface area contributed by atoms with E-state index in [1.165, 1.54) is 0 Å². The number of hydrogen-bond donors (Lipinski definition) is 1. The molecule has 104 valence electrons. The second kappa shape index (κ2) is 5.59. The molecule has 0 saturated carbocycles. The van der Waals surface area contributed by atoms with Crippen molar-refractivity contribution >= 4 is 10.9 Å². The zero-order valence-electron chi connectivity index (χ0n) is 11.6. The Balaban J connectivity index is 1.76. The van der Waals surface area contributed by atoms with Crippen LogP contribution >= 0.6 is 0 Å². The summed E-state index contributed by atoms with van der Waals surface area (Å²) in [6.07, 6.45) is 1.90. The number of fused-ring (bicyclic) bond motifs is 1. The van der Waals surface area contributed by atoms with Crippen LogP contribution in [0.5, 0.6) is 11.5 Å². The fourth-order valence-corrected chi connectivity index (χ4v) is 2.22. The van der Waals surface area contributed by atoms with Crippen molar-refractivity contribution in [2.45, 2.75) is 6.61 Å². The highest BCUT2D eigenvalue weighted by molar-refractivity contribution is 5.80. The summed E-state index contributed by atoms with van der Waals surface area (Å²) in [5.74, 6) is 1.38. The topological polar surface area (TPSA) is 58.0 Å². The van der Waals surface area contributed by atoms with Crippen molar-refractivity contribution < 1.29 is 9.47 Å². The van der Waals surface area contributed by atoms with E-state index in [-0.39, 0.29) is 0 Å². The van der Waals surface area contributed by atoms with Crippen LogP contribution in [0.2, 0.25) is 0 Å². The number of hydrogen-bond acceptors (Lipinski definition) is 3. The van der Waals surface area contributed by atoms with Gasteiger partial charge in [-0.3, -0.25) is 0 Å². The van der Waals surface area contributed by atoms with E-state index in [9.17, 15) is 0 Å². The summed E-state index contributed by atoms with van der Waals surface area (Å²) < 4.78 is 10.9. The zero-order valence-corrected chi connectivity index (χ0v) is 11.6. The first-order valence-electron chi connectivity index (χ1n) is 6.57. The van der Waals surface area contributed by atoms with Gasteiger partial charge in [0, 0.05) is 17.1 Å². The Bertz CT molecular complexity index is 815. The van der Waals surface area contributed by atoms with Crippen LogP contribution in [0.4, 0.5) is 0 Å². The summed E-state index contributed by atoms with van der Waals surface area (Å²) in [6, 6.07) is 15.5. The Kier molecular flexibility index (Phi) is 3.48. The fourth-order valence-electron chi connectivity index (χ4n) is 2.22. The second-order valence-electron chi connectivity index (χ2n) is 4.66. The fraction of sp³-hybridized carbons (Fsp3) is 0.118. The molecule has 0 aliphatic heterocycles. The molecule has 0 aliphatic carbocycles. The van der Waals surface area contributed by atoms with Crippen molar-refractivity contribution in [3.8, 4) is 17.6 Å². The molecule has 0 unspecified atom stereocenters. The van der Waals surface area contributed by atoms with E-state index in [1.54, 1.807) is 19.2 Å². The molecule has 0 radical (unpaired) electrons. The Morgan fingerprint density at radius 1 is 1.14 bits per heavy atom. The van der Waals surface area contributed by atoms with E-state index < -0.39 is 0 Å². The van der Waals surface area contributed by atoms with E-state index in [2.05, 4.69) is 11.1 Å². The standard InChI is InChI=1S/C17H14N2O2/c1-20-17-5-2-12(8-14(17)10-18)11-21-15-3-4-16-13(9-15)6-7-19-16/h2-9,19H,11H2,1H3. The molecule has 1 heterocycles. The molecule has 1 N–H and O–H groups in total. The molecule has 2 aromatic carbocycles. The third-order valence-corrected chi connectivity index (χ3v) is 3.31. The third-order valence-electron chi connectivity index (χ3n) is 3.31. The highest BCUT2D eigenvalue weighted by Gasteiger charge is 2.05. The number of aromatic nitrogens is 1. The lowest BCUT2D eigenvalue weighted by atomic mass is 10.1. The minimum absolute atomic E-state index is 0.411. The van der Waals surface area contributed by atoms with E-state index in [1.807, 2.05) is 36.5 Å². The van der Waals surface area contributed by atoms with Crippen LogP contribution < -0.4 is 9.47 Å². The van der Waals surface area contributed by atoms with Gasteiger partial charge in [-0.15, -0.1) is 0 Å². The van der Waals surface area contributed by atoms with Gasteiger partial charge >= 0.3 is 0 Å². The van der Waals surface area contributed by atoms with Crippen LogP contribution in [0, 0.1) is 11.3 Å². The molecular formula is C17H14N2O2. The third kappa shape index (κ3) is 2.67. The maximum Gasteiger partial charge on any atom is 0.136 e. The van der Waals surface area contributed by atoms with Crippen molar-refractivity contribution in [2.24, 2.45) is 0 Å². The number of H-pyrrole nitrogens is 1. The number of aromatic amines is 1. The first-order valence-corrected chi connectivity index (χ1v) is 6.57. The van der Waals surface area contributed by atoms with Crippen molar-refractivity contribution in [1.29, 1.82) is 5.26 Å². The van der Waals surface area contributed by atoms with Gasteiger partial charge < -0.3 is 14.5 Å². The molecule has 1 aromatic heterocycles. The van der Waals surface area contributed by atoms with Crippen LogP contribution in [0.25, 0.3) is 10.9 Å². The van der Waals surface area contributed by atoms with Crippen molar-refractivity contribution in [3.05, 3.63) is 59.8 Å². The number of nitrogens with zero attached hydrogens (tertiary/aromatic N) is 1. The van der Waals surface area contributed by atoms with Gasteiger partial charge in [-0.2, -0.15) is 5.26 Å². The molecule has 4 nitrogen and oxygen atoms in total. The number of nitriles is 1. The SMILES string of the molecule is COc1ccc(COc2ccc3[nH]ccc3c2)cc1C#N. The molecule has 0 aliphatic rings. The molecular weight excluding hydrogens is 264 g/mol. The average molecular weight is 278 g/mol. The van der Waals surface area contributed by atoms with Crippen LogP contribution in [0.1, 0.15) is 11.1 Å². The first-order chi connectivity index (χ1) is 10.3. The number of benzene rings is 2. The minimum atomic E-state index is 0.411. The van der Waals surface area contributed by atoms with E-state index in [0.717, 1.165) is 22.2 Å². The summed E-state index contributed by atoms with van der Waals surface area (Å²) in [4.78, 5) is 3.14. The zero-order chi connectivity index (χ0) is 14.7. The lowest BCUT2D eigenvalue weighted by Gasteiger charge is -2.08. The predicted octanol–water partition coefficient (Wildman–Crippen LogP) is 3.63. The summed E-state index contributed by atoms with van der Waals surface area (Å²) in [6.45, 7) is 0.411. The summed E-state index contributed by atoms with van der Waals surface area (Å²) in [5, 5.41) is 10.2. The Morgan fingerprint density at radius 2 is 2.05 bits per heavy atom. The van der Waals surface area contributed by atoms with Crippen molar-refractivity contribution in [2.75, 3.05) is 7.11 Å². The average Bonchev–Trinajstić information content (AvgIpc) is 3.00. The molecule has 0 bridgehead atoms. The highest BCUT2D eigenvalue weighted by atomic mass is 16.5. The van der Waals surface area contributed by atoms with Crippen LogP contribution in [-0.4, -0.2) is 12.1 Å². The van der Waals surface area contributed by atoms with Crippen LogP contribution in [-0.2, 0) is 6.61 Å². The monoisotopic (exact) mass is 278 g/mol. The molecule has 3 rings (SSSR count). The normalized spacial score (nSPS) is 10.3. The number of nitrogens with one attached hydrogen (secondary N) is 1. The molecule has 0 amide bonds. The molecule has 0 fully saturated rings. The number of methoxy groups -OCH3 is 1. The highest BCUT2D eigenvalue weighted by Crippen LogP contribution is 2.22. The predicted molar refractivity (Wildman–Crippen MR) is 80.3 cm³/mol. The van der Waals surface area contributed by atoms with E-state index >= 15 is 0 Å². The number of rotatable bonds is 4. The van der Waals surface area contributed by atoms with Crippen LogP contribution in [0.3, 0.4) is 0 Å². The number of ether oxygens (including phenoxy) is 2. The Labute approximate surface area is 122 Å². The second-order valence-corrected chi connectivity index (χ2v) is 4.66. The van der Waals surface area contributed by atoms with Gasteiger partial charge in [0.25, 0.3) is 0 Å². The van der Waals surface area contributed by atoms with Gasteiger partial charge in [-0.1, -0.05) is 6.07 Å².